The van der Waals surface area contributed by atoms with Crippen LogP contribution in [0.15, 0.2) is 12.1 Å². The predicted octanol–water partition coefficient (Wildman–Crippen LogP) is 1.72. The predicted molar refractivity (Wildman–Crippen MR) is 73.1 cm³/mol. The molecular weight excluding hydrogens is 248 g/mol. The van der Waals surface area contributed by atoms with E-state index in [4.69, 9.17) is 19.8 Å². The van der Waals surface area contributed by atoms with Crippen LogP contribution in [0.4, 0.5) is 10.1 Å². The van der Waals surface area contributed by atoms with Crippen molar-refractivity contribution in [3.63, 3.8) is 0 Å². The molecule has 0 aliphatic carbocycles. The lowest BCUT2D eigenvalue weighted by Gasteiger charge is -2.32. The van der Waals surface area contributed by atoms with Crippen LogP contribution in [0.1, 0.15) is 27.7 Å². The van der Waals surface area contributed by atoms with Gasteiger partial charge in [-0.25, -0.2) is 4.39 Å². The number of nitrogens with two attached hydrogens (primary N) is 1. The molecule has 0 saturated carbocycles. The van der Waals surface area contributed by atoms with Crippen LogP contribution in [-0.4, -0.2) is 25.4 Å². The SMILES string of the molecule is COc1cc(N)cc(F)c1B1OC(C)(C)C(C)(C)O1. The van der Waals surface area contributed by atoms with E-state index in [1.165, 1.54) is 13.2 Å². The summed E-state index contributed by atoms with van der Waals surface area (Å²) >= 11 is 0. The lowest BCUT2D eigenvalue weighted by Crippen LogP contribution is -2.41. The maximum Gasteiger partial charge on any atom is 0.501 e. The van der Waals surface area contributed by atoms with Crippen molar-refractivity contribution in [2.24, 2.45) is 0 Å². The van der Waals surface area contributed by atoms with Crippen molar-refractivity contribution in [2.45, 2.75) is 38.9 Å². The Morgan fingerprint density at radius 3 is 2.16 bits per heavy atom. The summed E-state index contributed by atoms with van der Waals surface area (Å²) in [6.45, 7) is 7.65. The number of benzene rings is 1. The molecule has 0 atom stereocenters. The molecule has 2 N–H and O–H groups in total. The Hall–Kier alpha value is -1.27. The molecule has 4 nitrogen and oxygen atoms in total. The number of rotatable bonds is 2. The van der Waals surface area contributed by atoms with Gasteiger partial charge >= 0.3 is 7.12 Å². The molecule has 0 bridgehead atoms. The normalized spacial score (nSPS) is 20.6. The fourth-order valence-electron chi connectivity index (χ4n) is 1.97. The second-order valence-corrected chi connectivity index (χ2v) is 5.71. The molecule has 1 aliphatic rings. The van der Waals surface area contributed by atoms with Gasteiger partial charge in [-0.3, -0.25) is 0 Å². The Morgan fingerprint density at radius 2 is 1.68 bits per heavy atom. The molecule has 1 fully saturated rings. The van der Waals surface area contributed by atoms with E-state index in [9.17, 15) is 4.39 Å². The van der Waals surface area contributed by atoms with Gasteiger partial charge in [0.05, 0.1) is 23.8 Å². The van der Waals surface area contributed by atoms with Crippen LogP contribution in [0.3, 0.4) is 0 Å². The third-order valence-electron chi connectivity index (χ3n) is 3.82. The molecule has 1 saturated heterocycles. The second-order valence-electron chi connectivity index (χ2n) is 5.71. The Bertz CT molecular complexity index is 489. The van der Waals surface area contributed by atoms with Gasteiger partial charge in [0, 0.05) is 11.8 Å². The molecule has 1 aliphatic heterocycles. The number of nitrogen functional groups attached to an aromatic ring is 1. The number of ether oxygens (including phenoxy) is 1. The number of hydrogen-bond donors (Lipinski definition) is 1. The van der Waals surface area contributed by atoms with Crippen LogP contribution in [-0.2, 0) is 9.31 Å². The van der Waals surface area contributed by atoms with Gasteiger partial charge in [0.15, 0.2) is 0 Å². The highest BCUT2D eigenvalue weighted by Crippen LogP contribution is 2.37. The van der Waals surface area contributed by atoms with Crippen molar-refractivity contribution in [1.29, 1.82) is 0 Å². The zero-order valence-electron chi connectivity index (χ0n) is 11.9. The van der Waals surface area contributed by atoms with Crippen LogP contribution in [0.2, 0.25) is 0 Å². The molecule has 6 heteroatoms. The molecule has 1 aromatic carbocycles. The minimum atomic E-state index is -0.805. The Morgan fingerprint density at radius 1 is 1.16 bits per heavy atom. The van der Waals surface area contributed by atoms with Crippen LogP contribution in [0.5, 0.6) is 5.75 Å². The fourth-order valence-corrected chi connectivity index (χ4v) is 1.97. The molecule has 0 radical (unpaired) electrons. The lowest BCUT2D eigenvalue weighted by molar-refractivity contribution is 0.00578. The van der Waals surface area contributed by atoms with E-state index in [1.807, 2.05) is 27.7 Å². The van der Waals surface area contributed by atoms with E-state index in [0.29, 0.717) is 11.4 Å². The van der Waals surface area contributed by atoms with Crippen molar-refractivity contribution in [3.05, 3.63) is 17.9 Å². The first-order valence-corrected chi connectivity index (χ1v) is 6.16. The molecule has 0 aromatic heterocycles. The van der Waals surface area contributed by atoms with Gasteiger partial charge in [-0.15, -0.1) is 0 Å². The minimum absolute atomic E-state index is 0.246. The van der Waals surface area contributed by atoms with Crippen molar-refractivity contribution >= 4 is 18.3 Å². The van der Waals surface area contributed by atoms with E-state index >= 15 is 0 Å². The summed E-state index contributed by atoms with van der Waals surface area (Å²) in [7, 11) is 0.656. The molecule has 1 heterocycles. The summed E-state index contributed by atoms with van der Waals surface area (Å²) in [6.07, 6.45) is 0. The first kappa shape index (κ1) is 14.2. The van der Waals surface area contributed by atoms with E-state index in [2.05, 4.69) is 0 Å². The highest BCUT2D eigenvalue weighted by molar-refractivity contribution is 6.63. The smallest absolute Gasteiger partial charge is 0.497 e. The maximum atomic E-state index is 14.1. The summed E-state index contributed by atoms with van der Waals surface area (Å²) in [5.41, 5.74) is 5.09. The van der Waals surface area contributed by atoms with Gasteiger partial charge in [-0.2, -0.15) is 0 Å². The summed E-state index contributed by atoms with van der Waals surface area (Å²) < 4.78 is 31.0. The van der Waals surface area contributed by atoms with Crippen molar-refractivity contribution in [1.82, 2.24) is 0 Å². The van der Waals surface area contributed by atoms with E-state index in [1.54, 1.807) is 6.07 Å². The molecule has 0 spiro atoms. The zero-order valence-corrected chi connectivity index (χ0v) is 11.9. The summed E-state index contributed by atoms with van der Waals surface area (Å²) in [6, 6.07) is 2.80. The molecule has 104 valence electrons. The average Bonchev–Trinajstić information content (AvgIpc) is 2.46. The van der Waals surface area contributed by atoms with Gasteiger partial charge in [0.25, 0.3) is 0 Å². The van der Waals surface area contributed by atoms with Crippen LogP contribution < -0.4 is 15.9 Å². The highest BCUT2D eigenvalue weighted by atomic mass is 19.1. The number of methoxy groups -OCH3 is 1. The molecular formula is C13H19BFNO3. The summed E-state index contributed by atoms with van der Waals surface area (Å²) in [4.78, 5) is 0. The monoisotopic (exact) mass is 267 g/mol. The van der Waals surface area contributed by atoms with Crippen LogP contribution >= 0.6 is 0 Å². The minimum Gasteiger partial charge on any atom is -0.497 e. The summed E-state index contributed by atoms with van der Waals surface area (Å²) in [5, 5.41) is 0. The standard InChI is InChI=1S/C13H19BFNO3/c1-12(2)13(3,4)19-14(18-12)11-9(15)6-8(16)7-10(11)17-5/h6-7H,16H2,1-5H3. The summed E-state index contributed by atoms with van der Waals surface area (Å²) in [5.74, 6) is -0.161. The Labute approximate surface area is 113 Å². The average molecular weight is 267 g/mol. The van der Waals surface area contributed by atoms with E-state index in [0.717, 1.165) is 0 Å². The van der Waals surface area contributed by atoms with E-state index in [-0.39, 0.29) is 5.46 Å². The van der Waals surface area contributed by atoms with Crippen LogP contribution in [0.25, 0.3) is 0 Å². The third kappa shape index (κ3) is 2.30. The third-order valence-corrected chi connectivity index (χ3v) is 3.82. The molecule has 2 rings (SSSR count). The second kappa shape index (κ2) is 4.39. The first-order chi connectivity index (χ1) is 8.68. The maximum absolute atomic E-state index is 14.1. The quantitative estimate of drug-likeness (QED) is 0.654. The molecule has 0 unspecified atom stereocenters. The number of anilines is 1. The molecule has 19 heavy (non-hydrogen) atoms. The van der Waals surface area contributed by atoms with Crippen molar-refractivity contribution in [3.8, 4) is 5.75 Å². The number of hydrogen-bond acceptors (Lipinski definition) is 4. The van der Waals surface area contributed by atoms with Gasteiger partial charge in [-0.05, 0) is 33.8 Å². The lowest BCUT2D eigenvalue weighted by atomic mass is 9.77. The molecule has 1 aromatic rings. The van der Waals surface area contributed by atoms with Crippen molar-refractivity contribution < 1.29 is 18.4 Å². The largest absolute Gasteiger partial charge is 0.501 e. The highest BCUT2D eigenvalue weighted by Gasteiger charge is 2.53. The van der Waals surface area contributed by atoms with Crippen molar-refractivity contribution in [2.75, 3.05) is 12.8 Å². The number of halogens is 1. The van der Waals surface area contributed by atoms with Gasteiger partial charge in [-0.1, -0.05) is 0 Å². The van der Waals surface area contributed by atoms with Gasteiger partial charge in [0.2, 0.25) is 0 Å². The first-order valence-electron chi connectivity index (χ1n) is 6.16. The zero-order chi connectivity index (χ0) is 14.4. The van der Waals surface area contributed by atoms with Gasteiger partial charge in [0.1, 0.15) is 11.6 Å². The topological polar surface area (TPSA) is 53.7 Å². The molecule has 0 amide bonds. The fraction of sp³-hybridized carbons (Fsp3) is 0.538. The van der Waals surface area contributed by atoms with E-state index < -0.39 is 24.1 Å². The van der Waals surface area contributed by atoms with Crippen LogP contribution in [0, 0.1) is 5.82 Å². The Kier molecular flexibility index (Phi) is 3.27. The Balaban J connectivity index is 2.45. The van der Waals surface area contributed by atoms with Gasteiger partial charge < -0.3 is 19.8 Å².